The Labute approximate surface area is 298 Å². The first kappa shape index (κ1) is 30.1. The van der Waals surface area contributed by atoms with Crippen LogP contribution in [0.1, 0.15) is 11.1 Å². The molecule has 0 saturated heterocycles. The predicted octanol–water partition coefficient (Wildman–Crippen LogP) is 11.8. The molecule has 0 radical (unpaired) electrons. The highest BCUT2D eigenvalue weighted by molar-refractivity contribution is 6.09. The molecule has 2 aromatic heterocycles. The zero-order valence-electron chi connectivity index (χ0n) is 27.7. The molecule has 0 atom stereocenters. The summed E-state index contributed by atoms with van der Waals surface area (Å²) in [7, 11) is 0. The Hall–Kier alpha value is -6.79. The van der Waals surface area contributed by atoms with Gasteiger partial charge >= 0.3 is 0 Å². The second-order valence-corrected chi connectivity index (χ2v) is 13.0. The van der Waals surface area contributed by atoms with Crippen LogP contribution in [0.5, 0.6) is 0 Å². The maximum Gasteiger partial charge on any atom is 0.299 e. The summed E-state index contributed by atoms with van der Waals surface area (Å²) in [5.74, 6) is -1.91. The molecule has 0 aliphatic heterocycles. The number of hydrogen-bond donors (Lipinski definition) is 0. The third kappa shape index (κ3) is 4.76. The molecule has 0 spiro atoms. The molecule has 0 amide bonds. The summed E-state index contributed by atoms with van der Waals surface area (Å²) in [5, 5.41) is 2.38. The van der Waals surface area contributed by atoms with Gasteiger partial charge in [-0.3, -0.25) is 0 Å². The monoisotopic (exact) mass is 674 g/mol. The lowest BCUT2D eigenvalue weighted by atomic mass is 9.98. The molecule has 9 aromatic rings. The minimum Gasteiger partial charge on any atom is -0.309 e. The third-order valence-corrected chi connectivity index (χ3v) is 10.0. The maximum absolute atomic E-state index is 16.5. The first-order valence-electron chi connectivity index (χ1n) is 17.2. The Bertz CT molecular complexity index is 2700. The summed E-state index contributed by atoms with van der Waals surface area (Å²) in [6, 6.07) is 54.6. The van der Waals surface area contributed by atoms with Crippen molar-refractivity contribution >= 4 is 21.8 Å². The fourth-order valence-corrected chi connectivity index (χ4v) is 7.48. The lowest BCUT2D eigenvalue weighted by Crippen LogP contribution is -2.11. The first-order valence-corrected chi connectivity index (χ1v) is 17.2. The SMILES string of the molecule is FC1(F)c2cc(-c3ccc(-n4c5ccccc5c5ccccc54)cc3)ccc2-c2ccc(-c3nc(-c4ccccc4)nc(-c4ccccc4)n3)cc21. The number of aromatic nitrogens is 4. The molecular weight excluding hydrogens is 647 g/mol. The number of benzene rings is 7. The van der Waals surface area contributed by atoms with E-state index in [9.17, 15) is 0 Å². The Morgan fingerprint density at radius 3 is 1.35 bits per heavy atom. The summed E-state index contributed by atoms with van der Waals surface area (Å²) in [6.45, 7) is 0. The molecule has 0 saturated carbocycles. The van der Waals surface area contributed by atoms with Crippen molar-refractivity contribution in [1.29, 1.82) is 0 Å². The number of rotatable bonds is 5. The zero-order chi connectivity index (χ0) is 34.8. The van der Waals surface area contributed by atoms with E-state index in [2.05, 4.69) is 53.1 Å². The summed E-state index contributed by atoms with van der Waals surface area (Å²) >= 11 is 0. The van der Waals surface area contributed by atoms with Crippen molar-refractivity contribution in [2.45, 2.75) is 5.92 Å². The van der Waals surface area contributed by atoms with Crippen LogP contribution in [0.15, 0.2) is 170 Å². The van der Waals surface area contributed by atoms with Gasteiger partial charge in [0, 0.05) is 44.3 Å². The van der Waals surface area contributed by atoms with Gasteiger partial charge in [0.1, 0.15) is 0 Å². The van der Waals surface area contributed by atoms with Gasteiger partial charge in [-0.1, -0.05) is 133 Å². The average Bonchev–Trinajstić information content (AvgIpc) is 3.66. The van der Waals surface area contributed by atoms with Gasteiger partial charge in [-0.05, 0) is 58.7 Å². The molecule has 10 rings (SSSR count). The van der Waals surface area contributed by atoms with Gasteiger partial charge in [-0.15, -0.1) is 0 Å². The molecule has 246 valence electrons. The largest absolute Gasteiger partial charge is 0.309 e. The Morgan fingerprint density at radius 1 is 0.385 bits per heavy atom. The topological polar surface area (TPSA) is 43.6 Å². The highest BCUT2D eigenvalue weighted by Crippen LogP contribution is 2.52. The number of hydrogen-bond acceptors (Lipinski definition) is 3. The van der Waals surface area contributed by atoms with Crippen LogP contribution < -0.4 is 0 Å². The minimum atomic E-state index is -3.21. The lowest BCUT2D eigenvalue weighted by Gasteiger charge is -2.15. The molecule has 6 heteroatoms. The summed E-state index contributed by atoms with van der Waals surface area (Å²) in [5.41, 5.74) is 7.98. The van der Waals surface area contributed by atoms with Crippen LogP contribution >= 0.6 is 0 Å². The average molecular weight is 675 g/mol. The van der Waals surface area contributed by atoms with Crippen molar-refractivity contribution < 1.29 is 8.78 Å². The fraction of sp³-hybridized carbons (Fsp3) is 0.0217. The number of halogens is 2. The minimum absolute atomic E-state index is 0.00535. The van der Waals surface area contributed by atoms with Crippen molar-refractivity contribution in [2.75, 3.05) is 0 Å². The zero-order valence-corrected chi connectivity index (χ0v) is 27.7. The van der Waals surface area contributed by atoms with Crippen LogP contribution in [0, 0.1) is 0 Å². The van der Waals surface area contributed by atoms with Crippen molar-refractivity contribution in [3.05, 3.63) is 181 Å². The van der Waals surface area contributed by atoms with Gasteiger partial charge in [0.25, 0.3) is 5.92 Å². The predicted molar refractivity (Wildman–Crippen MR) is 204 cm³/mol. The second kappa shape index (κ2) is 11.6. The fourth-order valence-electron chi connectivity index (χ4n) is 7.48. The van der Waals surface area contributed by atoms with Crippen molar-refractivity contribution in [2.24, 2.45) is 0 Å². The standard InChI is InChI=1S/C46H28F2N4/c47-46(48)39-27-32(29-19-23-34(24-20-29)52-41-17-9-7-15-37(41)38-16-8-10-18-42(38)52)21-25-35(39)36-26-22-33(28-40(36)46)45-50-43(30-11-3-1-4-12-30)49-44(51-45)31-13-5-2-6-14-31/h1-28H. The van der Waals surface area contributed by atoms with Crippen LogP contribution in [0.4, 0.5) is 8.78 Å². The number of alkyl halides is 2. The molecule has 7 aromatic carbocycles. The highest BCUT2D eigenvalue weighted by Gasteiger charge is 2.44. The smallest absolute Gasteiger partial charge is 0.299 e. The normalized spacial score (nSPS) is 13.0. The van der Waals surface area contributed by atoms with Gasteiger partial charge in [0.05, 0.1) is 11.0 Å². The van der Waals surface area contributed by atoms with E-state index in [0.717, 1.165) is 39.0 Å². The Kier molecular flexibility index (Phi) is 6.73. The second-order valence-electron chi connectivity index (χ2n) is 13.0. The molecule has 52 heavy (non-hydrogen) atoms. The third-order valence-electron chi connectivity index (χ3n) is 10.0. The number of para-hydroxylation sites is 2. The van der Waals surface area contributed by atoms with Crippen LogP contribution in [0.25, 0.3) is 83.9 Å². The van der Waals surface area contributed by atoms with Gasteiger partial charge in [0.2, 0.25) is 0 Å². The van der Waals surface area contributed by atoms with E-state index in [0.29, 0.717) is 34.2 Å². The van der Waals surface area contributed by atoms with E-state index in [1.54, 1.807) is 12.1 Å². The quantitative estimate of drug-likeness (QED) is 0.182. The number of nitrogens with zero attached hydrogens (tertiary/aromatic N) is 4. The molecule has 2 heterocycles. The summed E-state index contributed by atoms with van der Waals surface area (Å²) in [4.78, 5) is 14.3. The van der Waals surface area contributed by atoms with E-state index in [1.165, 1.54) is 16.8 Å². The Balaban J connectivity index is 1.02. The molecule has 0 bridgehead atoms. The van der Waals surface area contributed by atoms with Gasteiger partial charge in [0.15, 0.2) is 17.5 Å². The van der Waals surface area contributed by atoms with E-state index < -0.39 is 5.92 Å². The molecule has 0 N–H and O–H groups in total. The van der Waals surface area contributed by atoms with E-state index in [4.69, 9.17) is 15.0 Å². The van der Waals surface area contributed by atoms with Crippen molar-refractivity contribution in [1.82, 2.24) is 19.5 Å². The first-order chi connectivity index (χ1) is 25.5. The lowest BCUT2D eigenvalue weighted by molar-refractivity contribution is 0.0481. The molecule has 1 aliphatic carbocycles. The number of fused-ring (bicyclic) bond motifs is 6. The van der Waals surface area contributed by atoms with Gasteiger partial charge in [-0.2, -0.15) is 8.78 Å². The van der Waals surface area contributed by atoms with Crippen molar-refractivity contribution in [3.8, 4) is 62.1 Å². The summed E-state index contributed by atoms with van der Waals surface area (Å²) in [6.07, 6.45) is 0. The molecule has 1 aliphatic rings. The van der Waals surface area contributed by atoms with E-state index in [1.807, 2.05) is 103 Å². The Morgan fingerprint density at radius 2 is 0.808 bits per heavy atom. The maximum atomic E-state index is 16.5. The van der Waals surface area contributed by atoms with E-state index >= 15 is 8.78 Å². The van der Waals surface area contributed by atoms with E-state index in [-0.39, 0.29) is 11.1 Å². The van der Waals surface area contributed by atoms with Gasteiger partial charge < -0.3 is 4.57 Å². The highest BCUT2D eigenvalue weighted by atomic mass is 19.3. The van der Waals surface area contributed by atoms with Gasteiger partial charge in [-0.25, -0.2) is 15.0 Å². The summed E-state index contributed by atoms with van der Waals surface area (Å²) < 4.78 is 35.2. The van der Waals surface area contributed by atoms with Crippen LogP contribution in [0.3, 0.4) is 0 Å². The molecule has 0 fully saturated rings. The van der Waals surface area contributed by atoms with Crippen LogP contribution in [0.2, 0.25) is 0 Å². The molecule has 0 unspecified atom stereocenters. The van der Waals surface area contributed by atoms with Crippen LogP contribution in [-0.2, 0) is 5.92 Å². The van der Waals surface area contributed by atoms with Crippen LogP contribution in [-0.4, -0.2) is 19.5 Å². The van der Waals surface area contributed by atoms with Crippen molar-refractivity contribution in [3.63, 3.8) is 0 Å². The molecule has 4 nitrogen and oxygen atoms in total. The molecular formula is C46H28F2N4.